The number of carbonyl (C=O) groups excluding carboxylic acids is 1. The minimum Gasteiger partial charge on any atom is -0.481 e. The van der Waals surface area contributed by atoms with Crippen LogP contribution < -0.4 is 10.1 Å². The van der Waals surface area contributed by atoms with Crippen LogP contribution in [0.4, 0.5) is 0 Å². The van der Waals surface area contributed by atoms with E-state index in [9.17, 15) is 4.79 Å². The van der Waals surface area contributed by atoms with E-state index in [4.69, 9.17) is 16.3 Å². The van der Waals surface area contributed by atoms with Gasteiger partial charge in [0.15, 0.2) is 6.10 Å². The Balaban J connectivity index is 1.70. The third kappa shape index (κ3) is 5.73. The smallest absolute Gasteiger partial charge is 0.261 e. The molecule has 2 rings (SSSR count). The summed E-state index contributed by atoms with van der Waals surface area (Å²) in [6.07, 6.45) is 5.57. The highest BCUT2D eigenvalue weighted by Crippen LogP contribution is 2.28. The Morgan fingerprint density at radius 2 is 2.05 bits per heavy atom. The Kier molecular flexibility index (Phi) is 7.40. The molecule has 0 aliphatic heterocycles. The standard InChI is InChI=1S/C17H24ClNO2S/c1-2-16(21-14-9-7-13(18)8-10-14)17(20)19-11-12-22-15-5-3-4-6-15/h7-10,15-16H,2-6,11-12H2,1H3,(H,19,20). The van der Waals surface area contributed by atoms with Gasteiger partial charge in [0.2, 0.25) is 0 Å². The summed E-state index contributed by atoms with van der Waals surface area (Å²) in [6.45, 7) is 2.66. The molecule has 22 heavy (non-hydrogen) atoms. The molecule has 0 bridgehead atoms. The van der Waals surface area contributed by atoms with Crippen LogP contribution in [0.3, 0.4) is 0 Å². The van der Waals surface area contributed by atoms with Crippen molar-refractivity contribution in [2.45, 2.75) is 50.4 Å². The first-order valence-corrected chi connectivity index (χ1v) is 9.43. The molecule has 1 aromatic carbocycles. The summed E-state index contributed by atoms with van der Waals surface area (Å²) < 4.78 is 5.73. The quantitative estimate of drug-likeness (QED) is 0.717. The Hall–Kier alpha value is -0.870. The molecule has 5 heteroatoms. The van der Waals surface area contributed by atoms with Crippen LogP contribution in [0.5, 0.6) is 5.75 Å². The summed E-state index contributed by atoms with van der Waals surface area (Å²) in [5.41, 5.74) is 0. The first-order valence-electron chi connectivity index (χ1n) is 8.00. The van der Waals surface area contributed by atoms with E-state index < -0.39 is 6.10 Å². The first-order chi connectivity index (χ1) is 10.7. The van der Waals surface area contributed by atoms with Gasteiger partial charge in [-0.05, 0) is 43.5 Å². The summed E-state index contributed by atoms with van der Waals surface area (Å²) in [5, 5.41) is 4.43. The molecule has 0 radical (unpaired) electrons. The van der Waals surface area contributed by atoms with Crippen LogP contribution in [0.1, 0.15) is 39.0 Å². The maximum absolute atomic E-state index is 12.2. The van der Waals surface area contributed by atoms with Gasteiger partial charge >= 0.3 is 0 Å². The van der Waals surface area contributed by atoms with Crippen LogP contribution in [-0.2, 0) is 4.79 Å². The van der Waals surface area contributed by atoms with Gasteiger partial charge in [-0.15, -0.1) is 0 Å². The molecule has 0 heterocycles. The molecular weight excluding hydrogens is 318 g/mol. The molecule has 0 saturated heterocycles. The molecule has 0 aromatic heterocycles. The lowest BCUT2D eigenvalue weighted by molar-refractivity contribution is -0.127. The monoisotopic (exact) mass is 341 g/mol. The molecule has 1 aliphatic rings. The molecule has 1 saturated carbocycles. The Bertz CT molecular complexity index is 460. The second-order valence-corrected chi connectivity index (χ2v) is 7.38. The highest BCUT2D eigenvalue weighted by Gasteiger charge is 2.19. The second-order valence-electron chi connectivity index (χ2n) is 5.54. The Morgan fingerprint density at radius 3 is 2.68 bits per heavy atom. The van der Waals surface area contributed by atoms with E-state index in [-0.39, 0.29) is 5.91 Å². The number of nitrogens with one attached hydrogen (secondary N) is 1. The van der Waals surface area contributed by atoms with E-state index in [0.29, 0.717) is 23.7 Å². The Morgan fingerprint density at radius 1 is 1.36 bits per heavy atom. The summed E-state index contributed by atoms with van der Waals surface area (Å²) in [6, 6.07) is 7.10. The summed E-state index contributed by atoms with van der Waals surface area (Å²) >= 11 is 7.83. The van der Waals surface area contributed by atoms with E-state index in [2.05, 4.69) is 5.32 Å². The van der Waals surface area contributed by atoms with E-state index in [1.165, 1.54) is 25.7 Å². The normalized spacial score (nSPS) is 16.5. The number of benzene rings is 1. The summed E-state index contributed by atoms with van der Waals surface area (Å²) in [7, 11) is 0. The van der Waals surface area contributed by atoms with Gasteiger partial charge in [-0.25, -0.2) is 0 Å². The average molecular weight is 342 g/mol. The molecule has 122 valence electrons. The lowest BCUT2D eigenvalue weighted by Crippen LogP contribution is -2.39. The third-order valence-electron chi connectivity index (χ3n) is 3.81. The van der Waals surface area contributed by atoms with Crippen molar-refractivity contribution in [1.82, 2.24) is 5.32 Å². The highest BCUT2D eigenvalue weighted by atomic mass is 35.5. The zero-order chi connectivity index (χ0) is 15.8. The van der Waals surface area contributed by atoms with Crippen LogP contribution in [-0.4, -0.2) is 29.6 Å². The topological polar surface area (TPSA) is 38.3 Å². The van der Waals surface area contributed by atoms with Gasteiger partial charge in [0.1, 0.15) is 5.75 Å². The number of thioether (sulfide) groups is 1. The van der Waals surface area contributed by atoms with Crippen LogP contribution in [0.25, 0.3) is 0 Å². The fraction of sp³-hybridized carbons (Fsp3) is 0.588. The predicted molar refractivity (Wildman–Crippen MR) is 93.9 cm³/mol. The van der Waals surface area contributed by atoms with E-state index in [1.54, 1.807) is 24.3 Å². The fourth-order valence-corrected chi connectivity index (χ4v) is 3.91. The van der Waals surface area contributed by atoms with Crippen LogP contribution in [0.2, 0.25) is 5.02 Å². The van der Waals surface area contributed by atoms with Crippen molar-refractivity contribution in [2.75, 3.05) is 12.3 Å². The number of halogens is 1. The number of ether oxygens (including phenoxy) is 1. The molecule has 1 atom stereocenters. The fourth-order valence-electron chi connectivity index (χ4n) is 2.57. The van der Waals surface area contributed by atoms with Gasteiger partial charge in [0, 0.05) is 22.6 Å². The number of amides is 1. The van der Waals surface area contributed by atoms with Crippen molar-refractivity contribution in [2.24, 2.45) is 0 Å². The second kappa shape index (κ2) is 9.31. The van der Waals surface area contributed by atoms with E-state index in [1.807, 2.05) is 18.7 Å². The third-order valence-corrected chi connectivity index (χ3v) is 5.45. The first kappa shape index (κ1) is 17.5. The van der Waals surface area contributed by atoms with Crippen LogP contribution in [0.15, 0.2) is 24.3 Å². The lowest BCUT2D eigenvalue weighted by Gasteiger charge is -2.17. The molecule has 0 spiro atoms. The average Bonchev–Trinajstić information content (AvgIpc) is 3.04. The van der Waals surface area contributed by atoms with Gasteiger partial charge in [-0.2, -0.15) is 11.8 Å². The summed E-state index contributed by atoms with van der Waals surface area (Å²) in [5.74, 6) is 1.62. The SMILES string of the molecule is CCC(Oc1ccc(Cl)cc1)C(=O)NCCSC1CCCC1. The van der Waals surface area contributed by atoms with Crippen molar-refractivity contribution >= 4 is 29.3 Å². The van der Waals surface area contributed by atoms with E-state index >= 15 is 0 Å². The van der Waals surface area contributed by atoms with Gasteiger partial charge in [0.05, 0.1) is 0 Å². The van der Waals surface area contributed by atoms with Crippen LogP contribution in [0, 0.1) is 0 Å². The molecule has 1 aromatic rings. The molecule has 1 fully saturated rings. The predicted octanol–water partition coefficient (Wildman–Crippen LogP) is 4.29. The largest absolute Gasteiger partial charge is 0.481 e. The van der Waals surface area contributed by atoms with E-state index in [0.717, 1.165) is 11.0 Å². The van der Waals surface area contributed by atoms with Crippen LogP contribution >= 0.6 is 23.4 Å². The zero-order valence-corrected chi connectivity index (χ0v) is 14.6. The van der Waals surface area contributed by atoms with Crippen molar-refractivity contribution < 1.29 is 9.53 Å². The highest BCUT2D eigenvalue weighted by molar-refractivity contribution is 7.99. The lowest BCUT2D eigenvalue weighted by atomic mass is 10.2. The number of carbonyl (C=O) groups is 1. The summed E-state index contributed by atoms with van der Waals surface area (Å²) in [4.78, 5) is 12.2. The molecule has 1 N–H and O–H groups in total. The maximum atomic E-state index is 12.2. The molecule has 3 nitrogen and oxygen atoms in total. The van der Waals surface area contributed by atoms with Crippen molar-refractivity contribution in [3.8, 4) is 5.75 Å². The van der Waals surface area contributed by atoms with Crippen molar-refractivity contribution in [3.05, 3.63) is 29.3 Å². The minimum atomic E-state index is -0.447. The zero-order valence-electron chi connectivity index (χ0n) is 13.0. The maximum Gasteiger partial charge on any atom is 0.261 e. The van der Waals surface area contributed by atoms with Gasteiger partial charge in [-0.3, -0.25) is 4.79 Å². The molecule has 1 aliphatic carbocycles. The minimum absolute atomic E-state index is 0.0375. The number of hydrogen-bond acceptors (Lipinski definition) is 3. The van der Waals surface area contributed by atoms with Gasteiger partial charge < -0.3 is 10.1 Å². The number of rotatable bonds is 8. The number of hydrogen-bond donors (Lipinski definition) is 1. The van der Waals surface area contributed by atoms with Crippen molar-refractivity contribution in [3.63, 3.8) is 0 Å². The van der Waals surface area contributed by atoms with Crippen molar-refractivity contribution in [1.29, 1.82) is 0 Å². The molecular formula is C17H24ClNO2S. The Labute approximate surface area is 142 Å². The molecule has 1 amide bonds. The van der Waals surface area contributed by atoms with Gasteiger partial charge in [-0.1, -0.05) is 31.4 Å². The molecule has 1 unspecified atom stereocenters. The van der Waals surface area contributed by atoms with Gasteiger partial charge in [0.25, 0.3) is 5.91 Å².